The molecule has 1 spiro atoms. The van der Waals surface area contributed by atoms with Crippen molar-refractivity contribution in [3.63, 3.8) is 0 Å². The Balaban J connectivity index is 2.23. The molecule has 1 saturated heterocycles. The monoisotopic (exact) mass is 222 g/mol. The molecule has 0 radical (unpaired) electrons. The van der Waals surface area contributed by atoms with Crippen molar-refractivity contribution in [3.05, 3.63) is 0 Å². The maximum Gasteiger partial charge on any atom is 0.174 e. The van der Waals surface area contributed by atoms with Crippen LogP contribution in [0.15, 0.2) is 0 Å². The molecule has 2 nitrogen and oxygen atoms in total. The van der Waals surface area contributed by atoms with Gasteiger partial charge in [0.1, 0.15) is 0 Å². The van der Waals surface area contributed by atoms with Gasteiger partial charge in [0.05, 0.1) is 13.2 Å². The highest BCUT2D eigenvalue weighted by molar-refractivity contribution is 5.01. The number of ether oxygens (including phenoxy) is 2. The fourth-order valence-corrected chi connectivity index (χ4v) is 3.32. The summed E-state index contributed by atoms with van der Waals surface area (Å²) in [4.78, 5) is 0. The quantitative estimate of drug-likeness (QED) is 0.669. The molecule has 0 aromatic heterocycles. The van der Waals surface area contributed by atoms with Crippen LogP contribution in [0.2, 0.25) is 0 Å². The molecule has 2 fully saturated rings. The van der Waals surface area contributed by atoms with Gasteiger partial charge < -0.3 is 9.47 Å². The van der Waals surface area contributed by atoms with Crippen molar-refractivity contribution in [3.8, 4) is 12.3 Å². The molecule has 2 atom stereocenters. The first kappa shape index (κ1) is 12.0. The highest BCUT2D eigenvalue weighted by Gasteiger charge is 2.56. The fraction of sp³-hybridized carbons (Fsp3) is 0.857. The summed E-state index contributed by atoms with van der Waals surface area (Å²) in [6, 6.07) is 0. The van der Waals surface area contributed by atoms with E-state index in [2.05, 4.69) is 19.8 Å². The summed E-state index contributed by atoms with van der Waals surface area (Å²) in [7, 11) is 0. The van der Waals surface area contributed by atoms with Gasteiger partial charge in [0.25, 0.3) is 0 Å². The van der Waals surface area contributed by atoms with E-state index in [-0.39, 0.29) is 11.2 Å². The van der Waals surface area contributed by atoms with Crippen molar-refractivity contribution in [2.24, 2.45) is 11.3 Å². The zero-order chi connectivity index (χ0) is 11.6. The SMILES string of the molecule is C#CCC[C@@]1(C)[C@H](C)CCCC12OCCO2. The summed E-state index contributed by atoms with van der Waals surface area (Å²) < 4.78 is 11.9. The number of terminal acetylenes is 1. The Morgan fingerprint density at radius 2 is 2.06 bits per heavy atom. The van der Waals surface area contributed by atoms with Gasteiger partial charge in [-0.25, -0.2) is 0 Å². The molecule has 0 unspecified atom stereocenters. The summed E-state index contributed by atoms with van der Waals surface area (Å²) in [6.45, 7) is 6.07. The van der Waals surface area contributed by atoms with Crippen LogP contribution in [-0.4, -0.2) is 19.0 Å². The average molecular weight is 222 g/mol. The van der Waals surface area contributed by atoms with E-state index in [1.165, 1.54) is 12.8 Å². The predicted molar refractivity (Wildman–Crippen MR) is 63.8 cm³/mol. The summed E-state index contributed by atoms with van der Waals surface area (Å²) >= 11 is 0. The number of hydrogen-bond donors (Lipinski definition) is 0. The highest BCUT2D eigenvalue weighted by Crippen LogP contribution is 2.54. The minimum Gasteiger partial charge on any atom is -0.347 e. The molecule has 2 heteroatoms. The van der Waals surface area contributed by atoms with E-state index < -0.39 is 0 Å². The molecule has 90 valence electrons. The Kier molecular flexibility index (Phi) is 3.28. The highest BCUT2D eigenvalue weighted by atomic mass is 16.7. The molecule has 0 aromatic rings. The summed E-state index contributed by atoms with van der Waals surface area (Å²) in [5.74, 6) is 3.03. The van der Waals surface area contributed by atoms with Gasteiger partial charge in [-0.15, -0.1) is 12.3 Å². The second-order valence-electron chi connectivity index (χ2n) is 5.36. The Bertz CT molecular complexity index is 286. The molecule has 2 aliphatic rings. The lowest BCUT2D eigenvalue weighted by Gasteiger charge is -2.51. The number of rotatable bonds is 2. The van der Waals surface area contributed by atoms with E-state index in [0.29, 0.717) is 5.92 Å². The van der Waals surface area contributed by atoms with Crippen molar-refractivity contribution >= 4 is 0 Å². The van der Waals surface area contributed by atoms with Crippen LogP contribution in [-0.2, 0) is 9.47 Å². The van der Waals surface area contributed by atoms with Crippen LogP contribution >= 0.6 is 0 Å². The van der Waals surface area contributed by atoms with E-state index >= 15 is 0 Å². The number of hydrogen-bond acceptors (Lipinski definition) is 2. The molecule has 1 aliphatic heterocycles. The largest absolute Gasteiger partial charge is 0.347 e. The van der Waals surface area contributed by atoms with E-state index in [0.717, 1.165) is 32.5 Å². The van der Waals surface area contributed by atoms with Crippen molar-refractivity contribution < 1.29 is 9.47 Å². The third kappa shape index (κ3) is 1.67. The van der Waals surface area contributed by atoms with Gasteiger partial charge >= 0.3 is 0 Å². The first-order chi connectivity index (χ1) is 7.65. The molecule has 0 bridgehead atoms. The summed E-state index contributed by atoms with van der Waals surface area (Å²) in [6.07, 6.45) is 10.7. The van der Waals surface area contributed by atoms with Crippen LogP contribution in [0.1, 0.15) is 46.0 Å². The average Bonchev–Trinajstić information content (AvgIpc) is 2.74. The lowest BCUT2D eigenvalue weighted by molar-refractivity contribution is -0.267. The van der Waals surface area contributed by atoms with Crippen molar-refractivity contribution in [1.82, 2.24) is 0 Å². The van der Waals surface area contributed by atoms with Crippen molar-refractivity contribution in [1.29, 1.82) is 0 Å². The molecule has 16 heavy (non-hydrogen) atoms. The smallest absolute Gasteiger partial charge is 0.174 e. The second kappa shape index (κ2) is 4.39. The van der Waals surface area contributed by atoms with Crippen LogP contribution in [0.25, 0.3) is 0 Å². The standard InChI is InChI=1S/C14H22O2/c1-4-5-8-13(3)12(2)7-6-9-14(13)15-10-11-16-14/h1,12H,5-11H2,2-3H3/t12-,13+/m1/s1. The van der Waals surface area contributed by atoms with Gasteiger partial charge in [-0.05, 0) is 25.2 Å². The Morgan fingerprint density at radius 3 is 2.69 bits per heavy atom. The van der Waals surface area contributed by atoms with Gasteiger partial charge in [-0.3, -0.25) is 0 Å². The van der Waals surface area contributed by atoms with E-state index in [1.54, 1.807) is 0 Å². The lowest BCUT2D eigenvalue weighted by atomic mass is 9.62. The molecule has 0 aromatic carbocycles. The molecule has 2 rings (SSSR count). The van der Waals surface area contributed by atoms with Gasteiger partial charge in [-0.2, -0.15) is 0 Å². The van der Waals surface area contributed by atoms with Crippen molar-refractivity contribution in [2.45, 2.75) is 51.7 Å². The molecule has 1 heterocycles. The maximum absolute atomic E-state index is 5.97. The summed E-state index contributed by atoms with van der Waals surface area (Å²) in [5, 5.41) is 0. The van der Waals surface area contributed by atoms with E-state index in [9.17, 15) is 0 Å². The molecular formula is C14H22O2. The zero-order valence-corrected chi connectivity index (χ0v) is 10.4. The van der Waals surface area contributed by atoms with Crippen LogP contribution < -0.4 is 0 Å². The molecule has 1 aliphatic carbocycles. The van der Waals surface area contributed by atoms with Crippen LogP contribution in [0.5, 0.6) is 0 Å². The Morgan fingerprint density at radius 1 is 1.38 bits per heavy atom. The third-order valence-electron chi connectivity index (χ3n) is 4.64. The minimum absolute atomic E-state index is 0.0775. The molecule has 1 saturated carbocycles. The fourth-order valence-electron chi connectivity index (χ4n) is 3.32. The first-order valence-corrected chi connectivity index (χ1v) is 6.36. The van der Waals surface area contributed by atoms with Crippen molar-refractivity contribution in [2.75, 3.05) is 13.2 Å². The maximum atomic E-state index is 5.97. The topological polar surface area (TPSA) is 18.5 Å². The van der Waals surface area contributed by atoms with Gasteiger partial charge in [0.15, 0.2) is 5.79 Å². The third-order valence-corrected chi connectivity index (χ3v) is 4.64. The lowest BCUT2D eigenvalue weighted by Crippen LogP contribution is -2.53. The van der Waals surface area contributed by atoms with Gasteiger partial charge in [0.2, 0.25) is 0 Å². The van der Waals surface area contributed by atoms with Crippen LogP contribution in [0.4, 0.5) is 0 Å². The Labute approximate surface area is 98.7 Å². The molecule has 0 amide bonds. The van der Waals surface area contributed by atoms with Crippen LogP contribution in [0, 0.1) is 23.7 Å². The minimum atomic E-state index is -0.346. The normalized spacial score (nSPS) is 37.4. The zero-order valence-electron chi connectivity index (χ0n) is 10.4. The second-order valence-corrected chi connectivity index (χ2v) is 5.36. The van der Waals surface area contributed by atoms with Crippen LogP contribution in [0.3, 0.4) is 0 Å². The first-order valence-electron chi connectivity index (χ1n) is 6.36. The van der Waals surface area contributed by atoms with Gasteiger partial charge in [0, 0.05) is 18.3 Å². The molecular weight excluding hydrogens is 200 g/mol. The van der Waals surface area contributed by atoms with Gasteiger partial charge in [-0.1, -0.05) is 13.8 Å². The van der Waals surface area contributed by atoms with E-state index in [1.807, 2.05) is 0 Å². The molecule has 0 N–H and O–H groups in total. The summed E-state index contributed by atoms with van der Waals surface area (Å²) in [5.41, 5.74) is 0.0775. The predicted octanol–water partition coefficient (Wildman–Crippen LogP) is 2.97. The Hall–Kier alpha value is -0.520. The van der Waals surface area contributed by atoms with E-state index in [4.69, 9.17) is 15.9 Å².